The van der Waals surface area contributed by atoms with Crippen LogP contribution in [0.2, 0.25) is 5.02 Å². The largest absolute Gasteiger partial charge is 0.323 e. The third kappa shape index (κ3) is 2.62. The summed E-state index contributed by atoms with van der Waals surface area (Å²) in [6, 6.07) is 7.59. The molecule has 1 aromatic rings. The van der Waals surface area contributed by atoms with Crippen molar-refractivity contribution in [1.82, 2.24) is 0 Å². The van der Waals surface area contributed by atoms with Gasteiger partial charge in [-0.1, -0.05) is 24.4 Å². The van der Waals surface area contributed by atoms with E-state index < -0.39 is 5.41 Å². The van der Waals surface area contributed by atoms with Gasteiger partial charge in [-0.15, -0.1) is 0 Å². The predicted octanol–water partition coefficient (Wildman–Crippen LogP) is 3.97. The van der Waals surface area contributed by atoms with Gasteiger partial charge in [-0.05, 0) is 53.6 Å². The zero-order valence-electron chi connectivity index (χ0n) is 9.67. The Balaban J connectivity index is 2.19. The van der Waals surface area contributed by atoms with Crippen LogP contribution in [0.3, 0.4) is 0 Å². The molecule has 3 nitrogen and oxygen atoms in total. The van der Waals surface area contributed by atoms with Crippen LogP contribution in [0.15, 0.2) is 18.2 Å². The highest BCUT2D eigenvalue weighted by Crippen LogP contribution is 2.39. The molecule has 1 N–H and O–H groups in total. The molecule has 1 amide bonds. The number of amides is 1. The molecule has 5 heteroatoms. The van der Waals surface area contributed by atoms with Gasteiger partial charge in [0.2, 0.25) is 5.91 Å². The summed E-state index contributed by atoms with van der Waals surface area (Å²) >= 11 is 8.22. The van der Waals surface area contributed by atoms with E-state index in [0.717, 1.165) is 16.4 Å². The summed E-state index contributed by atoms with van der Waals surface area (Å²) in [6.07, 6.45) is 3.14. The number of benzene rings is 1. The summed E-state index contributed by atoms with van der Waals surface area (Å²) in [5.41, 5.74) is -0.296. The minimum Gasteiger partial charge on any atom is -0.323 e. The Morgan fingerprint density at radius 1 is 1.44 bits per heavy atom. The van der Waals surface area contributed by atoms with Crippen molar-refractivity contribution in [3.8, 4) is 6.07 Å². The molecule has 18 heavy (non-hydrogen) atoms. The number of nitrogens with zero attached hydrogens (tertiary/aromatic N) is 1. The van der Waals surface area contributed by atoms with E-state index in [0.29, 0.717) is 23.6 Å². The van der Waals surface area contributed by atoms with Gasteiger partial charge in [-0.25, -0.2) is 0 Å². The maximum absolute atomic E-state index is 12.2. The molecule has 0 heterocycles. The van der Waals surface area contributed by atoms with Crippen LogP contribution >= 0.6 is 34.2 Å². The van der Waals surface area contributed by atoms with Crippen molar-refractivity contribution in [3.63, 3.8) is 0 Å². The van der Waals surface area contributed by atoms with Gasteiger partial charge in [-0.3, -0.25) is 4.79 Å². The lowest BCUT2D eigenvalue weighted by Crippen LogP contribution is -2.32. The Morgan fingerprint density at radius 2 is 2.11 bits per heavy atom. The van der Waals surface area contributed by atoms with Crippen LogP contribution in [-0.2, 0) is 4.79 Å². The van der Waals surface area contributed by atoms with E-state index >= 15 is 0 Å². The van der Waals surface area contributed by atoms with E-state index in [1.807, 2.05) is 6.07 Å². The third-order valence-electron chi connectivity index (χ3n) is 3.29. The first-order chi connectivity index (χ1) is 8.57. The lowest BCUT2D eigenvalue weighted by atomic mass is 9.87. The van der Waals surface area contributed by atoms with E-state index in [1.54, 1.807) is 12.1 Å². The fourth-order valence-corrected chi connectivity index (χ4v) is 3.10. The second kappa shape index (κ2) is 5.45. The van der Waals surface area contributed by atoms with Crippen molar-refractivity contribution in [2.75, 3.05) is 5.32 Å². The molecule has 0 aromatic heterocycles. The summed E-state index contributed by atoms with van der Waals surface area (Å²) in [7, 11) is 0. The van der Waals surface area contributed by atoms with Crippen LogP contribution in [0.4, 0.5) is 5.69 Å². The number of anilines is 1. The molecule has 1 aliphatic carbocycles. The highest BCUT2D eigenvalue weighted by molar-refractivity contribution is 14.1. The number of carbonyl (C=O) groups is 1. The summed E-state index contributed by atoms with van der Waals surface area (Å²) in [5.74, 6) is -0.231. The highest BCUT2D eigenvalue weighted by atomic mass is 127. The number of halogens is 2. The van der Waals surface area contributed by atoms with Crippen molar-refractivity contribution >= 4 is 45.8 Å². The number of carbonyl (C=O) groups excluding carboxylic acids is 1. The summed E-state index contributed by atoms with van der Waals surface area (Å²) < 4.78 is 1.01. The molecule has 94 valence electrons. The van der Waals surface area contributed by atoms with E-state index in [2.05, 4.69) is 34.0 Å². The molecule has 1 saturated carbocycles. The molecule has 0 spiro atoms. The summed E-state index contributed by atoms with van der Waals surface area (Å²) in [6.45, 7) is 0. The van der Waals surface area contributed by atoms with Crippen LogP contribution in [0.25, 0.3) is 0 Å². The Kier molecular flexibility index (Phi) is 4.13. The Bertz CT molecular complexity index is 518. The molecule has 0 bridgehead atoms. The number of nitrogens with one attached hydrogen (secondary N) is 1. The fraction of sp³-hybridized carbons (Fsp3) is 0.385. The van der Waals surface area contributed by atoms with Gasteiger partial charge in [0.15, 0.2) is 0 Å². The topological polar surface area (TPSA) is 52.9 Å². The molecule has 0 aliphatic heterocycles. The van der Waals surface area contributed by atoms with Crippen LogP contribution in [0, 0.1) is 20.3 Å². The molecule has 0 radical (unpaired) electrons. The Hall–Kier alpha value is -0.800. The molecular weight excluding hydrogens is 363 g/mol. The van der Waals surface area contributed by atoms with Crippen LogP contribution in [0.1, 0.15) is 25.7 Å². The molecule has 1 fully saturated rings. The maximum Gasteiger partial charge on any atom is 0.244 e. The third-order valence-corrected chi connectivity index (χ3v) is 4.27. The van der Waals surface area contributed by atoms with Gasteiger partial charge in [0.1, 0.15) is 5.41 Å². The molecule has 2 rings (SSSR count). The van der Waals surface area contributed by atoms with Crippen LogP contribution < -0.4 is 5.32 Å². The maximum atomic E-state index is 12.2. The predicted molar refractivity (Wildman–Crippen MR) is 79.3 cm³/mol. The highest BCUT2D eigenvalue weighted by Gasteiger charge is 2.41. The van der Waals surface area contributed by atoms with Crippen LogP contribution in [0.5, 0.6) is 0 Å². The smallest absolute Gasteiger partial charge is 0.244 e. The van der Waals surface area contributed by atoms with E-state index in [1.165, 1.54) is 0 Å². The standard InChI is InChI=1S/C13H12ClIN2O/c14-10-7-9(15)3-4-11(10)17-12(18)13(8-16)5-1-2-6-13/h3-4,7H,1-2,5-6H2,(H,17,18). The number of hydrogen-bond acceptors (Lipinski definition) is 2. The Morgan fingerprint density at radius 3 is 2.67 bits per heavy atom. The molecule has 1 aliphatic rings. The van der Waals surface area contributed by atoms with Crippen molar-refractivity contribution in [3.05, 3.63) is 26.8 Å². The van der Waals surface area contributed by atoms with E-state index in [4.69, 9.17) is 11.6 Å². The zero-order chi connectivity index (χ0) is 13.2. The quantitative estimate of drug-likeness (QED) is 0.797. The van der Waals surface area contributed by atoms with Crippen molar-refractivity contribution < 1.29 is 4.79 Å². The summed E-state index contributed by atoms with van der Waals surface area (Å²) in [4.78, 5) is 12.2. The monoisotopic (exact) mass is 374 g/mol. The molecule has 0 unspecified atom stereocenters. The molecule has 1 aromatic carbocycles. The number of nitriles is 1. The average molecular weight is 375 g/mol. The van der Waals surface area contributed by atoms with E-state index in [9.17, 15) is 10.1 Å². The molecular formula is C13H12ClIN2O. The first-order valence-electron chi connectivity index (χ1n) is 5.75. The van der Waals surface area contributed by atoms with Gasteiger partial charge in [0.25, 0.3) is 0 Å². The number of hydrogen-bond donors (Lipinski definition) is 1. The molecule has 0 atom stereocenters. The first-order valence-corrected chi connectivity index (χ1v) is 7.21. The van der Waals surface area contributed by atoms with Gasteiger partial charge >= 0.3 is 0 Å². The van der Waals surface area contributed by atoms with Crippen LogP contribution in [-0.4, -0.2) is 5.91 Å². The average Bonchev–Trinajstić information content (AvgIpc) is 2.82. The van der Waals surface area contributed by atoms with Gasteiger partial charge in [0.05, 0.1) is 16.8 Å². The second-order valence-corrected chi connectivity index (χ2v) is 6.13. The lowest BCUT2D eigenvalue weighted by Gasteiger charge is -2.19. The van der Waals surface area contributed by atoms with E-state index in [-0.39, 0.29) is 5.91 Å². The zero-order valence-corrected chi connectivity index (χ0v) is 12.6. The Labute approximate surface area is 125 Å². The summed E-state index contributed by atoms with van der Waals surface area (Å²) in [5, 5.41) is 12.5. The van der Waals surface area contributed by atoms with Crippen molar-refractivity contribution in [1.29, 1.82) is 5.26 Å². The van der Waals surface area contributed by atoms with Crippen molar-refractivity contribution in [2.24, 2.45) is 5.41 Å². The minimum absolute atomic E-state index is 0.231. The van der Waals surface area contributed by atoms with Gasteiger partial charge in [0, 0.05) is 3.57 Å². The number of rotatable bonds is 2. The second-order valence-electron chi connectivity index (χ2n) is 4.48. The van der Waals surface area contributed by atoms with Crippen molar-refractivity contribution in [2.45, 2.75) is 25.7 Å². The van der Waals surface area contributed by atoms with Gasteiger partial charge in [-0.2, -0.15) is 5.26 Å². The lowest BCUT2D eigenvalue weighted by molar-refractivity contribution is -0.122. The molecule has 0 saturated heterocycles. The first kappa shape index (κ1) is 13.6. The SMILES string of the molecule is N#CC1(C(=O)Nc2ccc(I)cc2Cl)CCCC1. The minimum atomic E-state index is -0.869. The fourth-order valence-electron chi connectivity index (χ4n) is 2.20. The normalized spacial score (nSPS) is 17.2. The van der Waals surface area contributed by atoms with Gasteiger partial charge < -0.3 is 5.32 Å².